The number of unbranched alkanes of at least 4 members (excludes halogenated alkanes) is 1. The average molecular weight is 637 g/mol. The summed E-state index contributed by atoms with van der Waals surface area (Å²) in [7, 11) is -4.07. The number of aryl methyl sites for hydroxylation is 1. The summed E-state index contributed by atoms with van der Waals surface area (Å²) in [6, 6.07) is 11.7. The molecule has 0 saturated carbocycles. The van der Waals surface area contributed by atoms with Gasteiger partial charge in [0, 0.05) is 30.9 Å². The van der Waals surface area contributed by atoms with Crippen LogP contribution in [0.1, 0.15) is 45.1 Å². The van der Waals surface area contributed by atoms with Gasteiger partial charge in [0.15, 0.2) is 0 Å². The Hall–Kier alpha value is -1.06. The fraction of sp³-hybridized carbons (Fsp3) is 0.440. The van der Waals surface area contributed by atoms with E-state index in [0.29, 0.717) is 43.6 Å². The zero-order chi connectivity index (χ0) is 26.0. The van der Waals surface area contributed by atoms with E-state index in [1.54, 1.807) is 6.07 Å². The summed E-state index contributed by atoms with van der Waals surface area (Å²) in [5, 5.41) is 14.8. The average Bonchev–Trinajstić information content (AvgIpc) is 2.78. The fourth-order valence-corrected chi connectivity index (χ4v) is 5.46. The van der Waals surface area contributed by atoms with Crippen LogP contribution in [0.15, 0.2) is 53.4 Å². The molecule has 192 valence electrons. The molecule has 2 aromatic carbocycles. The van der Waals surface area contributed by atoms with Gasteiger partial charge in [0.1, 0.15) is 0 Å². The molecular formula is C25H35CsN4O5S. The number of nitrogens with zero attached hydrogens (tertiary/aromatic N) is 1. The Morgan fingerprint density at radius 3 is 2.28 bits per heavy atom. The first-order chi connectivity index (χ1) is 16.5. The summed E-state index contributed by atoms with van der Waals surface area (Å²) in [6.07, 6.45) is 1.86. The first kappa shape index (κ1) is 33.0. The van der Waals surface area contributed by atoms with Crippen molar-refractivity contribution in [2.75, 3.05) is 24.6 Å². The number of carboxylic acids is 1. The van der Waals surface area contributed by atoms with E-state index in [9.17, 15) is 23.1 Å². The number of amides is 1. The Balaban J connectivity index is 0.00000648. The van der Waals surface area contributed by atoms with Crippen molar-refractivity contribution in [3.8, 4) is 0 Å². The third-order valence-electron chi connectivity index (χ3n) is 5.47. The van der Waals surface area contributed by atoms with E-state index in [1.807, 2.05) is 32.0 Å². The quantitative estimate of drug-likeness (QED) is 0.169. The maximum Gasteiger partial charge on any atom is 1.00 e. The molecule has 0 fully saturated rings. The fourth-order valence-electron chi connectivity index (χ4n) is 3.69. The van der Waals surface area contributed by atoms with Crippen molar-refractivity contribution in [3.63, 3.8) is 0 Å². The SMILES string of the molecule is CC(C)CN([C@@H](CCCCNC(=O)CCc1cccc(N)c1)C(=O)[O-])S(=O)(=O)c1ccc(N)cc1.[Cs+]. The van der Waals surface area contributed by atoms with Crippen LogP contribution < -0.4 is 90.8 Å². The molecule has 0 bridgehead atoms. The number of nitrogen functional groups attached to an aromatic ring is 2. The van der Waals surface area contributed by atoms with E-state index in [4.69, 9.17) is 11.5 Å². The number of nitrogens with one attached hydrogen (secondary N) is 1. The second-order valence-electron chi connectivity index (χ2n) is 8.96. The van der Waals surface area contributed by atoms with Crippen LogP contribution in [0.5, 0.6) is 0 Å². The van der Waals surface area contributed by atoms with Crippen LogP contribution >= 0.6 is 0 Å². The summed E-state index contributed by atoms with van der Waals surface area (Å²) in [4.78, 5) is 24.0. The van der Waals surface area contributed by atoms with Crippen LogP contribution in [0.3, 0.4) is 0 Å². The number of nitrogens with two attached hydrogens (primary N) is 2. The number of benzene rings is 2. The van der Waals surface area contributed by atoms with E-state index >= 15 is 0 Å². The molecule has 0 aliphatic carbocycles. The van der Waals surface area contributed by atoms with Gasteiger partial charge in [-0.2, -0.15) is 4.31 Å². The Morgan fingerprint density at radius 2 is 1.69 bits per heavy atom. The number of carboxylic acid groups (broad SMARTS) is 1. The van der Waals surface area contributed by atoms with E-state index in [1.165, 1.54) is 24.3 Å². The first-order valence-electron chi connectivity index (χ1n) is 11.7. The van der Waals surface area contributed by atoms with Crippen molar-refractivity contribution in [2.24, 2.45) is 5.92 Å². The number of hydrogen-bond donors (Lipinski definition) is 3. The van der Waals surface area contributed by atoms with Gasteiger partial charge in [-0.1, -0.05) is 26.0 Å². The van der Waals surface area contributed by atoms with Crippen LogP contribution in [0.25, 0.3) is 0 Å². The van der Waals surface area contributed by atoms with Gasteiger partial charge in [-0.3, -0.25) is 4.79 Å². The van der Waals surface area contributed by atoms with Crippen LogP contribution in [0, 0.1) is 5.92 Å². The van der Waals surface area contributed by atoms with E-state index < -0.39 is 22.0 Å². The molecule has 9 nitrogen and oxygen atoms in total. The molecule has 0 heterocycles. The molecule has 2 rings (SSSR count). The van der Waals surface area contributed by atoms with Crippen molar-refractivity contribution in [1.29, 1.82) is 0 Å². The van der Waals surface area contributed by atoms with Crippen LogP contribution in [-0.2, 0) is 26.0 Å². The normalized spacial score (nSPS) is 12.2. The first-order valence-corrected chi connectivity index (χ1v) is 13.1. The van der Waals surface area contributed by atoms with Gasteiger partial charge in [-0.05, 0) is 73.6 Å². The number of carbonyl (C=O) groups is 2. The second kappa shape index (κ2) is 16.0. The van der Waals surface area contributed by atoms with E-state index in [0.717, 1.165) is 9.87 Å². The predicted molar refractivity (Wildman–Crippen MR) is 134 cm³/mol. The third-order valence-corrected chi connectivity index (χ3v) is 7.36. The topological polar surface area (TPSA) is 159 Å². The third kappa shape index (κ3) is 10.7. The van der Waals surface area contributed by atoms with Gasteiger partial charge in [0.25, 0.3) is 0 Å². The molecule has 1 atom stereocenters. The Labute approximate surface area is 272 Å². The minimum atomic E-state index is -4.07. The molecule has 2 aromatic rings. The van der Waals surface area contributed by atoms with Crippen molar-refractivity contribution >= 4 is 33.3 Å². The molecule has 0 saturated heterocycles. The number of hydrogen-bond acceptors (Lipinski definition) is 7. The molecule has 0 aliphatic rings. The molecule has 0 aliphatic heterocycles. The number of anilines is 2. The molecule has 0 aromatic heterocycles. The van der Waals surface area contributed by atoms with Crippen molar-refractivity contribution < 1.29 is 92.0 Å². The molecule has 5 N–H and O–H groups in total. The maximum absolute atomic E-state index is 13.2. The number of aliphatic carboxylic acids is 1. The summed E-state index contributed by atoms with van der Waals surface area (Å²) < 4.78 is 27.5. The number of rotatable bonds is 14. The van der Waals surface area contributed by atoms with Crippen LogP contribution in [0.4, 0.5) is 11.4 Å². The molecule has 11 heteroatoms. The van der Waals surface area contributed by atoms with Crippen molar-refractivity contribution in [1.82, 2.24) is 9.62 Å². The van der Waals surface area contributed by atoms with Crippen LogP contribution in [-0.4, -0.2) is 43.7 Å². The summed E-state index contributed by atoms with van der Waals surface area (Å²) >= 11 is 0. The standard InChI is InChI=1S/C25H36N4O5S.Cs/c1-18(2)17-29(35(33,34)22-12-10-20(26)11-13-22)23(25(31)32)8-3-4-15-28-24(30)14-9-19-6-5-7-21(27)16-19;/h5-7,10-13,16,18,23H,3-4,8-9,14-15,17,26-27H2,1-2H3,(H,28,30)(H,31,32);/q;+1/p-1/t23-;/m0./s1. The molecule has 0 spiro atoms. The van der Waals surface area contributed by atoms with Crippen molar-refractivity contribution in [2.45, 2.75) is 56.9 Å². The van der Waals surface area contributed by atoms with Gasteiger partial charge in [0.05, 0.1) is 16.9 Å². The summed E-state index contributed by atoms with van der Waals surface area (Å²) in [6.45, 7) is 4.03. The van der Waals surface area contributed by atoms with Gasteiger partial charge in [-0.25, -0.2) is 8.42 Å². The van der Waals surface area contributed by atoms with Crippen LogP contribution in [0.2, 0.25) is 0 Å². The molecular weight excluding hydrogens is 601 g/mol. The molecule has 0 unspecified atom stereocenters. The van der Waals surface area contributed by atoms with Crippen molar-refractivity contribution in [3.05, 3.63) is 54.1 Å². The Bertz CT molecular complexity index is 1090. The zero-order valence-corrected chi connectivity index (χ0v) is 28.4. The minimum Gasteiger partial charge on any atom is -0.548 e. The zero-order valence-electron chi connectivity index (χ0n) is 21.3. The smallest absolute Gasteiger partial charge is 0.548 e. The maximum atomic E-state index is 13.2. The minimum absolute atomic E-state index is 0. The van der Waals surface area contributed by atoms with Gasteiger partial charge < -0.3 is 26.7 Å². The van der Waals surface area contributed by atoms with Gasteiger partial charge in [-0.15, -0.1) is 0 Å². The van der Waals surface area contributed by atoms with Gasteiger partial charge in [0.2, 0.25) is 15.9 Å². The number of carbonyl (C=O) groups excluding carboxylic acids is 2. The molecule has 1 amide bonds. The predicted octanol–water partition coefficient (Wildman–Crippen LogP) is -1.46. The molecule has 0 radical (unpaired) electrons. The Kier molecular flexibility index (Phi) is 14.7. The summed E-state index contributed by atoms with van der Waals surface area (Å²) in [5.74, 6) is -1.66. The van der Waals surface area contributed by atoms with E-state index in [-0.39, 0.29) is 98.6 Å². The number of sulfonamides is 1. The van der Waals surface area contributed by atoms with E-state index in [2.05, 4.69) is 5.32 Å². The largest absolute Gasteiger partial charge is 1.00 e. The Morgan fingerprint density at radius 1 is 1.03 bits per heavy atom. The second-order valence-corrected chi connectivity index (χ2v) is 10.9. The monoisotopic (exact) mass is 636 g/mol. The molecule has 36 heavy (non-hydrogen) atoms. The van der Waals surface area contributed by atoms with Gasteiger partial charge >= 0.3 is 68.9 Å². The summed E-state index contributed by atoms with van der Waals surface area (Å²) in [5.41, 5.74) is 13.4.